The van der Waals surface area contributed by atoms with E-state index in [1.165, 1.54) is 0 Å². The molecule has 5 nitrogen and oxygen atoms in total. The molecule has 1 atom stereocenters. The second-order valence-electron chi connectivity index (χ2n) is 5.21. The predicted molar refractivity (Wildman–Crippen MR) is 79.6 cm³/mol. The third-order valence-electron chi connectivity index (χ3n) is 3.66. The van der Waals surface area contributed by atoms with Crippen LogP contribution < -0.4 is 15.8 Å². The molecule has 1 amide bonds. The Hall–Kier alpha value is -1.75. The van der Waals surface area contributed by atoms with Gasteiger partial charge in [0.25, 0.3) is 5.91 Å². The van der Waals surface area contributed by atoms with Crippen LogP contribution in [0.15, 0.2) is 24.3 Å². The molecule has 5 heteroatoms. The highest BCUT2D eigenvalue weighted by Crippen LogP contribution is 2.15. The molecule has 0 aromatic heterocycles. The Bertz CT molecular complexity index is 433. The minimum atomic E-state index is -0.0724. The molecule has 0 radical (unpaired) electrons. The molecule has 1 fully saturated rings. The first-order chi connectivity index (χ1) is 9.67. The van der Waals surface area contributed by atoms with Crippen LogP contribution in [-0.4, -0.2) is 43.6 Å². The van der Waals surface area contributed by atoms with Crippen molar-refractivity contribution < 1.29 is 9.53 Å². The molecule has 0 spiro atoms. The normalized spacial score (nSPS) is 18.9. The van der Waals surface area contributed by atoms with Crippen LogP contribution in [-0.2, 0) is 4.79 Å². The van der Waals surface area contributed by atoms with Gasteiger partial charge in [-0.25, -0.2) is 0 Å². The average Bonchev–Trinajstić information content (AvgIpc) is 2.92. The van der Waals surface area contributed by atoms with Gasteiger partial charge >= 0.3 is 0 Å². The second kappa shape index (κ2) is 7.14. The number of likely N-dealkylation sites (tertiary alicyclic amines) is 1. The zero-order valence-electron chi connectivity index (χ0n) is 12.0. The van der Waals surface area contributed by atoms with Crippen molar-refractivity contribution in [3.63, 3.8) is 0 Å². The van der Waals surface area contributed by atoms with E-state index in [-0.39, 0.29) is 12.5 Å². The Labute approximate surface area is 120 Å². The number of ether oxygens (including phenoxy) is 1. The smallest absolute Gasteiger partial charge is 0.257 e. The average molecular weight is 277 g/mol. The minimum absolute atomic E-state index is 0.0497. The van der Waals surface area contributed by atoms with Gasteiger partial charge in [0.1, 0.15) is 5.75 Å². The summed E-state index contributed by atoms with van der Waals surface area (Å²) >= 11 is 0. The summed E-state index contributed by atoms with van der Waals surface area (Å²) in [7, 11) is 0. The number of nitrogens with one attached hydrogen (secondary N) is 1. The van der Waals surface area contributed by atoms with E-state index in [9.17, 15) is 4.79 Å². The van der Waals surface area contributed by atoms with E-state index in [1.807, 2.05) is 0 Å². The molecule has 1 aromatic rings. The summed E-state index contributed by atoms with van der Waals surface area (Å²) in [4.78, 5) is 14.1. The monoisotopic (exact) mass is 277 g/mol. The number of benzene rings is 1. The Morgan fingerprint density at radius 1 is 1.45 bits per heavy atom. The van der Waals surface area contributed by atoms with Crippen molar-refractivity contribution in [1.29, 1.82) is 0 Å². The molecular formula is C15H23N3O2. The van der Waals surface area contributed by atoms with Gasteiger partial charge in [0.2, 0.25) is 0 Å². The number of rotatable bonds is 6. The molecule has 110 valence electrons. The molecule has 0 saturated carbocycles. The highest BCUT2D eigenvalue weighted by Gasteiger charge is 2.21. The zero-order chi connectivity index (χ0) is 14.4. The molecule has 0 bridgehead atoms. The summed E-state index contributed by atoms with van der Waals surface area (Å²) in [5.74, 6) is 1.15. The van der Waals surface area contributed by atoms with Crippen LogP contribution in [0.4, 0.5) is 5.69 Å². The topological polar surface area (TPSA) is 67.6 Å². The summed E-state index contributed by atoms with van der Waals surface area (Å²) in [6.45, 7) is 6.26. The van der Waals surface area contributed by atoms with E-state index in [2.05, 4.69) is 17.1 Å². The van der Waals surface area contributed by atoms with Gasteiger partial charge in [-0.2, -0.15) is 0 Å². The Morgan fingerprint density at radius 2 is 2.20 bits per heavy atom. The molecular weight excluding hydrogens is 254 g/mol. The number of hydrogen-bond acceptors (Lipinski definition) is 4. The molecule has 1 aliphatic heterocycles. The van der Waals surface area contributed by atoms with E-state index in [1.54, 1.807) is 24.3 Å². The lowest BCUT2D eigenvalue weighted by molar-refractivity contribution is -0.123. The largest absolute Gasteiger partial charge is 0.484 e. The van der Waals surface area contributed by atoms with Crippen molar-refractivity contribution in [2.24, 2.45) is 5.92 Å². The number of nitrogens with two attached hydrogens (primary N) is 1. The summed E-state index contributed by atoms with van der Waals surface area (Å²) in [6, 6.07) is 7.04. The van der Waals surface area contributed by atoms with E-state index in [4.69, 9.17) is 10.5 Å². The number of nitrogens with zero attached hydrogens (tertiary/aromatic N) is 1. The molecule has 1 aliphatic rings. The van der Waals surface area contributed by atoms with Crippen molar-refractivity contribution >= 4 is 11.6 Å². The Kier molecular flexibility index (Phi) is 5.24. The summed E-state index contributed by atoms with van der Waals surface area (Å²) < 4.78 is 5.40. The number of amides is 1. The zero-order valence-corrected chi connectivity index (χ0v) is 12.0. The van der Waals surface area contributed by atoms with Crippen LogP contribution in [0.5, 0.6) is 5.75 Å². The first-order valence-electron chi connectivity index (χ1n) is 7.14. The van der Waals surface area contributed by atoms with Crippen LogP contribution in [0, 0.1) is 5.92 Å². The summed E-state index contributed by atoms with van der Waals surface area (Å²) in [6.07, 6.45) is 1.16. The van der Waals surface area contributed by atoms with Crippen molar-refractivity contribution in [2.45, 2.75) is 13.3 Å². The van der Waals surface area contributed by atoms with Gasteiger partial charge in [-0.15, -0.1) is 0 Å². The molecule has 2 rings (SSSR count). The highest BCUT2D eigenvalue weighted by molar-refractivity contribution is 5.77. The van der Waals surface area contributed by atoms with Crippen LogP contribution in [0.25, 0.3) is 0 Å². The predicted octanol–water partition coefficient (Wildman–Crippen LogP) is 1.11. The fraction of sp³-hybridized carbons (Fsp3) is 0.533. The highest BCUT2D eigenvalue weighted by atomic mass is 16.5. The van der Waals surface area contributed by atoms with Gasteiger partial charge in [-0.05, 0) is 49.7 Å². The third-order valence-corrected chi connectivity index (χ3v) is 3.66. The van der Waals surface area contributed by atoms with Crippen LogP contribution in [0.2, 0.25) is 0 Å². The van der Waals surface area contributed by atoms with Gasteiger partial charge in [0.15, 0.2) is 6.61 Å². The van der Waals surface area contributed by atoms with E-state index < -0.39 is 0 Å². The van der Waals surface area contributed by atoms with E-state index >= 15 is 0 Å². The summed E-state index contributed by atoms with van der Waals surface area (Å²) in [5, 5.41) is 2.94. The van der Waals surface area contributed by atoms with E-state index in [0.717, 1.165) is 32.6 Å². The van der Waals surface area contributed by atoms with Crippen LogP contribution >= 0.6 is 0 Å². The lowest BCUT2D eigenvalue weighted by Gasteiger charge is -2.14. The maximum absolute atomic E-state index is 11.7. The molecule has 0 aliphatic carbocycles. The van der Waals surface area contributed by atoms with Gasteiger partial charge in [0.05, 0.1) is 0 Å². The van der Waals surface area contributed by atoms with Crippen molar-refractivity contribution in [3.8, 4) is 5.75 Å². The van der Waals surface area contributed by atoms with E-state index in [0.29, 0.717) is 17.4 Å². The SMILES string of the molecule is CCN1CCC(CNC(=O)COc2ccc(N)cc2)C1. The standard InChI is InChI=1S/C15H23N3O2/c1-2-18-8-7-12(10-18)9-17-15(19)11-20-14-5-3-13(16)4-6-14/h3-6,12H,2,7-11,16H2,1H3,(H,17,19). The Balaban J connectivity index is 1.64. The van der Waals surface area contributed by atoms with Crippen molar-refractivity contribution in [2.75, 3.05) is 38.5 Å². The van der Waals surface area contributed by atoms with Crippen LogP contribution in [0.1, 0.15) is 13.3 Å². The van der Waals surface area contributed by atoms with Gasteiger partial charge in [-0.1, -0.05) is 6.92 Å². The Morgan fingerprint density at radius 3 is 2.85 bits per heavy atom. The molecule has 20 heavy (non-hydrogen) atoms. The van der Waals surface area contributed by atoms with Crippen LogP contribution in [0.3, 0.4) is 0 Å². The first-order valence-corrected chi connectivity index (χ1v) is 7.14. The van der Waals surface area contributed by atoms with Gasteiger partial charge in [-0.3, -0.25) is 4.79 Å². The lowest BCUT2D eigenvalue weighted by Crippen LogP contribution is -2.34. The maximum Gasteiger partial charge on any atom is 0.257 e. The number of carbonyl (C=O) groups is 1. The number of hydrogen-bond donors (Lipinski definition) is 2. The lowest BCUT2D eigenvalue weighted by atomic mass is 10.1. The van der Waals surface area contributed by atoms with Crippen molar-refractivity contribution in [1.82, 2.24) is 10.2 Å². The molecule has 1 saturated heterocycles. The summed E-state index contributed by atoms with van der Waals surface area (Å²) in [5.41, 5.74) is 6.27. The fourth-order valence-electron chi connectivity index (χ4n) is 2.39. The number of nitrogen functional groups attached to an aromatic ring is 1. The first kappa shape index (κ1) is 14.7. The molecule has 3 N–H and O–H groups in total. The second-order valence-corrected chi connectivity index (χ2v) is 5.21. The minimum Gasteiger partial charge on any atom is -0.484 e. The fourth-order valence-corrected chi connectivity index (χ4v) is 2.39. The number of anilines is 1. The molecule has 1 heterocycles. The van der Waals surface area contributed by atoms with Gasteiger partial charge < -0.3 is 20.7 Å². The molecule has 1 aromatic carbocycles. The number of carbonyl (C=O) groups excluding carboxylic acids is 1. The third kappa shape index (κ3) is 4.42. The molecule has 1 unspecified atom stereocenters. The van der Waals surface area contributed by atoms with Crippen molar-refractivity contribution in [3.05, 3.63) is 24.3 Å². The maximum atomic E-state index is 11.7. The van der Waals surface area contributed by atoms with Gasteiger partial charge in [0, 0.05) is 18.8 Å². The quantitative estimate of drug-likeness (QED) is 0.764.